The number of hydrogen-bond acceptors (Lipinski definition) is 3. The van der Waals surface area contributed by atoms with E-state index in [2.05, 4.69) is 4.98 Å². The van der Waals surface area contributed by atoms with E-state index in [4.69, 9.17) is 5.73 Å². The maximum atomic E-state index is 9.20. The lowest BCUT2D eigenvalue weighted by Crippen LogP contribution is -2.08. The Kier molecular flexibility index (Phi) is 2.02. The SMILES string of the molecule is Cc1nc2cc(C(N)O)ccc2n1C. The van der Waals surface area contributed by atoms with Gasteiger partial charge in [-0.15, -0.1) is 0 Å². The van der Waals surface area contributed by atoms with E-state index in [-0.39, 0.29) is 0 Å². The van der Waals surface area contributed by atoms with Gasteiger partial charge in [0.2, 0.25) is 0 Å². The van der Waals surface area contributed by atoms with Gasteiger partial charge in [0.25, 0.3) is 0 Å². The van der Waals surface area contributed by atoms with E-state index in [0.717, 1.165) is 16.9 Å². The van der Waals surface area contributed by atoms with Gasteiger partial charge in [0.05, 0.1) is 11.0 Å². The second kappa shape index (κ2) is 3.08. The zero-order chi connectivity index (χ0) is 10.3. The molecule has 0 aliphatic rings. The Balaban J connectivity index is 2.67. The highest BCUT2D eigenvalue weighted by Crippen LogP contribution is 2.18. The van der Waals surface area contributed by atoms with Crippen LogP contribution in [0.15, 0.2) is 18.2 Å². The summed E-state index contributed by atoms with van der Waals surface area (Å²) in [5, 5.41) is 9.20. The smallest absolute Gasteiger partial charge is 0.128 e. The van der Waals surface area contributed by atoms with E-state index in [1.165, 1.54) is 0 Å². The van der Waals surface area contributed by atoms with Crippen LogP contribution in [0.1, 0.15) is 17.6 Å². The molecule has 1 unspecified atom stereocenters. The summed E-state index contributed by atoms with van der Waals surface area (Å²) in [6.07, 6.45) is -0.929. The highest BCUT2D eigenvalue weighted by atomic mass is 16.3. The average Bonchev–Trinajstić information content (AvgIpc) is 2.42. The van der Waals surface area contributed by atoms with E-state index < -0.39 is 6.23 Å². The lowest BCUT2D eigenvalue weighted by molar-refractivity contribution is 0.186. The third-order valence-corrected chi connectivity index (χ3v) is 2.47. The first-order valence-corrected chi connectivity index (χ1v) is 4.46. The molecule has 1 aromatic heterocycles. The quantitative estimate of drug-likeness (QED) is 0.656. The molecule has 0 aliphatic heterocycles. The van der Waals surface area contributed by atoms with Crippen LogP contribution < -0.4 is 5.73 Å². The van der Waals surface area contributed by atoms with Crippen LogP contribution >= 0.6 is 0 Å². The maximum Gasteiger partial charge on any atom is 0.128 e. The average molecular weight is 191 g/mol. The molecule has 0 fully saturated rings. The van der Waals surface area contributed by atoms with Crippen molar-refractivity contribution in [2.45, 2.75) is 13.2 Å². The summed E-state index contributed by atoms with van der Waals surface area (Å²) in [4.78, 5) is 4.35. The van der Waals surface area contributed by atoms with Crippen molar-refractivity contribution in [1.29, 1.82) is 0 Å². The van der Waals surface area contributed by atoms with Gasteiger partial charge in [-0.3, -0.25) is 0 Å². The summed E-state index contributed by atoms with van der Waals surface area (Å²) in [6, 6.07) is 5.54. The van der Waals surface area contributed by atoms with Crippen molar-refractivity contribution >= 4 is 11.0 Å². The topological polar surface area (TPSA) is 64.1 Å². The lowest BCUT2D eigenvalue weighted by atomic mass is 10.2. The monoisotopic (exact) mass is 191 g/mol. The Hall–Kier alpha value is -1.39. The molecule has 0 bridgehead atoms. The predicted octanol–water partition coefficient (Wildman–Crippen LogP) is 0.831. The summed E-state index contributed by atoms with van der Waals surface area (Å²) < 4.78 is 2.00. The van der Waals surface area contributed by atoms with Gasteiger partial charge < -0.3 is 15.4 Å². The number of aryl methyl sites for hydroxylation is 2. The fraction of sp³-hybridized carbons (Fsp3) is 0.300. The number of benzene rings is 1. The first-order valence-electron chi connectivity index (χ1n) is 4.46. The number of rotatable bonds is 1. The molecule has 0 saturated heterocycles. The lowest BCUT2D eigenvalue weighted by Gasteiger charge is -2.03. The van der Waals surface area contributed by atoms with Crippen LogP contribution in [0.5, 0.6) is 0 Å². The molecule has 2 rings (SSSR count). The standard InChI is InChI=1S/C10H13N3O/c1-6-12-8-5-7(10(11)14)3-4-9(8)13(6)2/h3-5,10,14H,11H2,1-2H3. The molecule has 3 N–H and O–H groups in total. The van der Waals surface area contributed by atoms with Crippen LogP contribution in [-0.2, 0) is 7.05 Å². The first kappa shape index (κ1) is 9.18. The van der Waals surface area contributed by atoms with Gasteiger partial charge in [0.1, 0.15) is 12.1 Å². The van der Waals surface area contributed by atoms with Gasteiger partial charge in [-0.25, -0.2) is 4.98 Å². The highest BCUT2D eigenvalue weighted by Gasteiger charge is 2.06. The maximum absolute atomic E-state index is 9.20. The minimum atomic E-state index is -0.929. The molecule has 1 atom stereocenters. The molecule has 74 valence electrons. The van der Waals surface area contributed by atoms with Gasteiger partial charge in [-0.05, 0) is 24.6 Å². The van der Waals surface area contributed by atoms with Crippen LogP contribution in [0, 0.1) is 6.92 Å². The number of hydrogen-bond donors (Lipinski definition) is 2. The molecule has 0 radical (unpaired) electrons. The number of fused-ring (bicyclic) bond motifs is 1. The Bertz CT molecular complexity index is 473. The second-order valence-electron chi connectivity index (χ2n) is 3.41. The molecular weight excluding hydrogens is 178 g/mol. The molecular formula is C10H13N3O. The predicted molar refractivity (Wildman–Crippen MR) is 54.6 cm³/mol. The van der Waals surface area contributed by atoms with E-state index in [1.54, 1.807) is 0 Å². The van der Waals surface area contributed by atoms with E-state index in [0.29, 0.717) is 5.56 Å². The van der Waals surface area contributed by atoms with Crippen LogP contribution in [0.4, 0.5) is 0 Å². The van der Waals surface area contributed by atoms with Gasteiger partial charge in [-0.1, -0.05) is 6.07 Å². The van der Waals surface area contributed by atoms with Crippen LogP contribution in [0.3, 0.4) is 0 Å². The molecule has 0 saturated carbocycles. The number of aromatic nitrogens is 2. The number of imidazole rings is 1. The van der Waals surface area contributed by atoms with Crippen molar-refractivity contribution in [2.24, 2.45) is 12.8 Å². The normalized spacial score (nSPS) is 13.4. The molecule has 1 aromatic carbocycles. The Morgan fingerprint density at radius 2 is 2.21 bits per heavy atom. The minimum Gasteiger partial charge on any atom is -0.375 e. The summed E-state index contributed by atoms with van der Waals surface area (Å²) in [6.45, 7) is 1.94. The van der Waals surface area contributed by atoms with Gasteiger partial charge in [0.15, 0.2) is 0 Å². The van der Waals surface area contributed by atoms with Crippen LogP contribution in [-0.4, -0.2) is 14.7 Å². The van der Waals surface area contributed by atoms with Crippen molar-refractivity contribution < 1.29 is 5.11 Å². The molecule has 4 heteroatoms. The molecule has 0 aliphatic carbocycles. The molecule has 2 aromatic rings. The third kappa shape index (κ3) is 1.29. The minimum absolute atomic E-state index is 0.690. The number of aliphatic hydroxyl groups is 1. The van der Waals surface area contributed by atoms with Crippen molar-refractivity contribution in [3.8, 4) is 0 Å². The van der Waals surface area contributed by atoms with Gasteiger partial charge in [0, 0.05) is 7.05 Å². The fourth-order valence-electron chi connectivity index (χ4n) is 1.52. The van der Waals surface area contributed by atoms with Gasteiger partial charge in [-0.2, -0.15) is 0 Å². The van der Waals surface area contributed by atoms with Crippen molar-refractivity contribution in [3.05, 3.63) is 29.6 Å². The van der Waals surface area contributed by atoms with Crippen molar-refractivity contribution in [2.75, 3.05) is 0 Å². The number of aliphatic hydroxyl groups excluding tert-OH is 1. The molecule has 0 amide bonds. The Morgan fingerprint density at radius 1 is 1.50 bits per heavy atom. The third-order valence-electron chi connectivity index (χ3n) is 2.47. The summed E-state index contributed by atoms with van der Waals surface area (Å²) in [5.41, 5.74) is 7.98. The zero-order valence-corrected chi connectivity index (χ0v) is 8.23. The zero-order valence-electron chi connectivity index (χ0n) is 8.23. The van der Waals surface area contributed by atoms with E-state index in [9.17, 15) is 5.11 Å². The highest BCUT2D eigenvalue weighted by molar-refractivity contribution is 5.76. The molecule has 14 heavy (non-hydrogen) atoms. The summed E-state index contributed by atoms with van der Waals surface area (Å²) in [7, 11) is 1.96. The number of nitrogens with two attached hydrogens (primary N) is 1. The van der Waals surface area contributed by atoms with E-state index >= 15 is 0 Å². The summed E-state index contributed by atoms with van der Waals surface area (Å²) in [5.74, 6) is 0.948. The first-order chi connectivity index (χ1) is 6.59. The van der Waals surface area contributed by atoms with Crippen LogP contribution in [0.2, 0.25) is 0 Å². The largest absolute Gasteiger partial charge is 0.375 e. The van der Waals surface area contributed by atoms with E-state index in [1.807, 2.05) is 36.7 Å². The Morgan fingerprint density at radius 3 is 2.86 bits per heavy atom. The molecule has 4 nitrogen and oxygen atoms in total. The second-order valence-corrected chi connectivity index (χ2v) is 3.41. The molecule has 1 heterocycles. The fourth-order valence-corrected chi connectivity index (χ4v) is 1.52. The van der Waals surface area contributed by atoms with Crippen molar-refractivity contribution in [3.63, 3.8) is 0 Å². The van der Waals surface area contributed by atoms with Crippen LogP contribution in [0.25, 0.3) is 11.0 Å². The molecule has 0 spiro atoms. The Labute approximate surface area is 82.0 Å². The van der Waals surface area contributed by atoms with Crippen molar-refractivity contribution in [1.82, 2.24) is 9.55 Å². The van der Waals surface area contributed by atoms with Gasteiger partial charge >= 0.3 is 0 Å². The number of nitrogens with zero attached hydrogens (tertiary/aromatic N) is 2. The summed E-state index contributed by atoms with van der Waals surface area (Å²) >= 11 is 0.